The summed E-state index contributed by atoms with van der Waals surface area (Å²) in [4.78, 5) is 0.0506. The molecule has 0 aromatic heterocycles. The van der Waals surface area contributed by atoms with Crippen LogP contribution in [0.15, 0.2) is 17.7 Å². The molecular weight excluding hydrogens is 244 g/mol. The van der Waals surface area contributed by atoms with Crippen LogP contribution in [0.4, 0.5) is 0 Å². The number of phenols is 1. The van der Waals surface area contributed by atoms with E-state index in [2.05, 4.69) is 0 Å². The third kappa shape index (κ3) is 2.36. The van der Waals surface area contributed by atoms with E-state index < -0.39 is 0 Å². The highest BCUT2D eigenvalue weighted by Crippen LogP contribution is 2.33. The molecule has 0 heterocycles. The summed E-state index contributed by atoms with van der Waals surface area (Å²) in [5.74, 6) is 0.260. The lowest BCUT2D eigenvalue weighted by Crippen LogP contribution is -2.10. The zero-order valence-corrected chi connectivity index (χ0v) is 10.8. The van der Waals surface area contributed by atoms with Crippen LogP contribution in [0.1, 0.15) is 29.5 Å². The van der Waals surface area contributed by atoms with Crippen LogP contribution in [0.25, 0.3) is 6.08 Å². The highest BCUT2D eigenvalue weighted by molar-refractivity contribution is 7.80. The Bertz CT molecular complexity index is 570. The monoisotopic (exact) mass is 258 g/mol. The van der Waals surface area contributed by atoms with E-state index in [0.29, 0.717) is 5.56 Å². The predicted octanol–water partition coefficient (Wildman–Crippen LogP) is 2.46. The zero-order valence-electron chi connectivity index (χ0n) is 9.94. The number of rotatable bonds is 2. The van der Waals surface area contributed by atoms with Gasteiger partial charge >= 0.3 is 0 Å². The van der Waals surface area contributed by atoms with Gasteiger partial charge in [0, 0.05) is 5.56 Å². The SMILES string of the molecule is N#C/C(=C/c1ccc2c(c1O)CCCC2)C(N)=S. The molecule has 92 valence electrons. The smallest absolute Gasteiger partial charge is 0.126 e. The molecule has 0 saturated heterocycles. The average Bonchev–Trinajstić information content (AvgIpc) is 2.38. The summed E-state index contributed by atoms with van der Waals surface area (Å²) in [7, 11) is 0. The van der Waals surface area contributed by atoms with Crippen molar-refractivity contribution in [2.75, 3.05) is 0 Å². The first-order chi connectivity index (χ1) is 8.63. The van der Waals surface area contributed by atoms with Crippen molar-refractivity contribution in [3.63, 3.8) is 0 Å². The number of thiocarbonyl (C=S) groups is 1. The minimum Gasteiger partial charge on any atom is -0.507 e. The number of aromatic hydroxyl groups is 1. The van der Waals surface area contributed by atoms with E-state index in [1.165, 1.54) is 5.56 Å². The normalized spacial score (nSPS) is 14.7. The van der Waals surface area contributed by atoms with Crippen molar-refractivity contribution >= 4 is 23.3 Å². The molecule has 1 aromatic carbocycles. The fourth-order valence-corrected chi connectivity index (χ4v) is 2.36. The van der Waals surface area contributed by atoms with E-state index in [9.17, 15) is 5.11 Å². The quantitative estimate of drug-likeness (QED) is 0.485. The van der Waals surface area contributed by atoms with Gasteiger partial charge in [0.25, 0.3) is 0 Å². The fourth-order valence-electron chi connectivity index (χ4n) is 2.26. The molecule has 0 amide bonds. The van der Waals surface area contributed by atoms with E-state index in [1.807, 2.05) is 18.2 Å². The molecule has 3 nitrogen and oxygen atoms in total. The van der Waals surface area contributed by atoms with Gasteiger partial charge in [-0.25, -0.2) is 0 Å². The van der Waals surface area contributed by atoms with Gasteiger partial charge in [-0.05, 0) is 42.9 Å². The van der Waals surface area contributed by atoms with Crippen LogP contribution in [0.5, 0.6) is 5.75 Å². The van der Waals surface area contributed by atoms with Crippen LogP contribution in [0.3, 0.4) is 0 Å². The molecule has 2 rings (SSSR count). The van der Waals surface area contributed by atoms with E-state index in [4.69, 9.17) is 23.2 Å². The first-order valence-corrected chi connectivity index (χ1v) is 6.29. The minimum atomic E-state index is 0.0506. The summed E-state index contributed by atoms with van der Waals surface area (Å²) in [5, 5.41) is 19.1. The molecule has 1 aliphatic carbocycles. The summed E-state index contributed by atoms with van der Waals surface area (Å²) in [6.45, 7) is 0. The van der Waals surface area contributed by atoms with Crippen molar-refractivity contribution < 1.29 is 5.11 Å². The number of aryl methyl sites for hydroxylation is 1. The van der Waals surface area contributed by atoms with Crippen molar-refractivity contribution in [3.8, 4) is 11.8 Å². The van der Waals surface area contributed by atoms with E-state index in [0.717, 1.165) is 31.2 Å². The number of nitrogens with two attached hydrogens (primary N) is 1. The third-order valence-electron chi connectivity index (χ3n) is 3.22. The molecule has 1 aliphatic rings. The van der Waals surface area contributed by atoms with Gasteiger partial charge in [0.05, 0.1) is 5.57 Å². The van der Waals surface area contributed by atoms with Gasteiger partial charge in [-0.2, -0.15) is 5.26 Å². The summed E-state index contributed by atoms with van der Waals surface area (Å²) >= 11 is 4.78. The molecule has 1 aromatic rings. The van der Waals surface area contributed by atoms with Crippen LogP contribution in [-0.2, 0) is 12.8 Å². The second kappa shape index (κ2) is 5.19. The summed E-state index contributed by atoms with van der Waals surface area (Å²) in [6.07, 6.45) is 5.70. The highest BCUT2D eigenvalue weighted by atomic mass is 32.1. The van der Waals surface area contributed by atoms with E-state index in [1.54, 1.807) is 6.08 Å². The Kier molecular flexibility index (Phi) is 3.63. The van der Waals surface area contributed by atoms with Gasteiger partial charge in [0.1, 0.15) is 16.8 Å². The molecule has 4 heteroatoms. The Labute approximate surface area is 112 Å². The highest BCUT2D eigenvalue weighted by Gasteiger charge is 2.15. The predicted molar refractivity (Wildman–Crippen MR) is 75.1 cm³/mol. The lowest BCUT2D eigenvalue weighted by molar-refractivity contribution is 0.460. The number of nitriles is 1. The summed E-state index contributed by atoms with van der Waals surface area (Å²) in [6, 6.07) is 5.76. The van der Waals surface area contributed by atoms with Gasteiger partial charge in [0.2, 0.25) is 0 Å². The number of hydrogen-bond acceptors (Lipinski definition) is 3. The first-order valence-electron chi connectivity index (χ1n) is 5.89. The second-order valence-corrected chi connectivity index (χ2v) is 4.82. The third-order valence-corrected chi connectivity index (χ3v) is 3.44. The maximum absolute atomic E-state index is 10.2. The molecule has 0 aliphatic heterocycles. The van der Waals surface area contributed by atoms with Crippen LogP contribution in [0, 0.1) is 11.3 Å². The Morgan fingerprint density at radius 2 is 2.11 bits per heavy atom. The Morgan fingerprint density at radius 1 is 1.39 bits per heavy atom. The van der Waals surface area contributed by atoms with E-state index in [-0.39, 0.29) is 16.3 Å². The Hall–Kier alpha value is -1.86. The van der Waals surface area contributed by atoms with Crippen molar-refractivity contribution in [2.45, 2.75) is 25.7 Å². The standard InChI is InChI=1S/C14H14N2OS/c15-8-11(14(16)18)7-10-6-5-9-3-1-2-4-12(9)13(10)17/h5-7,17H,1-4H2,(H2,16,18)/b11-7-. The summed E-state index contributed by atoms with van der Waals surface area (Å²) in [5.41, 5.74) is 8.47. The Balaban J connectivity index is 2.48. The number of nitrogens with zero attached hydrogens (tertiary/aromatic N) is 1. The average molecular weight is 258 g/mol. The van der Waals surface area contributed by atoms with Crippen molar-refractivity contribution in [2.24, 2.45) is 5.73 Å². The lowest BCUT2D eigenvalue weighted by Gasteiger charge is -2.18. The van der Waals surface area contributed by atoms with Gasteiger partial charge < -0.3 is 10.8 Å². The van der Waals surface area contributed by atoms with Crippen LogP contribution in [-0.4, -0.2) is 10.1 Å². The molecule has 0 bridgehead atoms. The van der Waals surface area contributed by atoms with E-state index >= 15 is 0 Å². The lowest BCUT2D eigenvalue weighted by atomic mass is 9.89. The van der Waals surface area contributed by atoms with Crippen molar-refractivity contribution in [1.82, 2.24) is 0 Å². The van der Waals surface area contributed by atoms with Crippen LogP contribution in [0.2, 0.25) is 0 Å². The van der Waals surface area contributed by atoms with Gasteiger partial charge in [-0.1, -0.05) is 24.4 Å². The van der Waals surface area contributed by atoms with Crippen LogP contribution >= 0.6 is 12.2 Å². The molecular formula is C14H14N2OS. The number of benzene rings is 1. The topological polar surface area (TPSA) is 70.0 Å². The molecule has 0 saturated carbocycles. The molecule has 0 atom stereocenters. The summed E-state index contributed by atoms with van der Waals surface area (Å²) < 4.78 is 0. The molecule has 0 spiro atoms. The minimum absolute atomic E-state index is 0.0506. The molecule has 0 fully saturated rings. The first kappa shape index (κ1) is 12.6. The molecule has 3 N–H and O–H groups in total. The van der Waals surface area contributed by atoms with Crippen molar-refractivity contribution in [3.05, 3.63) is 34.4 Å². The zero-order chi connectivity index (χ0) is 13.1. The molecule has 0 radical (unpaired) electrons. The number of hydrogen-bond donors (Lipinski definition) is 2. The maximum atomic E-state index is 10.2. The van der Waals surface area contributed by atoms with Gasteiger partial charge in [-0.15, -0.1) is 0 Å². The van der Waals surface area contributed by atoms with Crippen LogP contribution < -0.4 is 5.73 Å². The fraction of sp³-hybridized carbons (Fsp3) is 0.286. The second-order valence-electron chi connectivity index (χ2n) is 4.38. The largest absolute Gasteiger partial charge is 0.507 e. The number of fused-ring (bicyclic) bond motifs is 1. The molecule has 0 unspecified atom stereocenters. The Morgan fingerprint density at radius 3 is 2.78 bits per heavy atom. The van der Waals surface area contributed by atoms with Gasteiger partial charge in [0.15, 0.2) is 0 Å². The number of phenolic OH excluding ortho intramolecular Hbond substituents is 1. The van der Waals surface area contributed by atoms with Gasteiger partial charge in [-0.3, -0.25) is 0 Å². The van der Waals surface area contributed by atoms with Crippen molar-refractivity contribution in [1.29, 1.82) is 5.26 Å². The maximum Gasteiger partial charge on any atom is 0.126 e. The molecule has 18 heavy (non-hydrogen) atoms.